The van der Waals surface area contributed by atoms with Crippen LogP contribution in [0.4, 0.5) is 17.1 Å². The molecule has 0 saturated heterocycles. The number of aromatic nitrogens is 1. The van der Waals surface area contributed by atoms with Gasteiger partial charge in [-0.15, -0.1) is 5.11 Å². The molecule has 4 aromatic rings. The van der Waals surface area contributed by atoms with Crippen LogP contribution in [-0.4, -0.2) is 18.0 Å². The van der Waals surface area contributed by atoms with Gasteiger partial charge >= 0.3 is 29.6 Å². The van der Waals surface area contributed by atoms with Crippen LogP contribution in [0.1, 0.15) is 6.99 Å². The van der Waals surface area contributed by atoms with Crippen molar-refractivity contribution in [3.05, 3.63) is 84.7 Å². The summed E-state index contributed by atoms with van der Waals surface area (Å²) in [6.07, 6.45) is 3.43. The Kier molecular flexibility index (Phi) is 7.60. The topological polar surface area (TPSA) is 127 Å². The molecular weight excluding hydrogens is 439 g/mol. The smallest absolute Gasteiger partial charge is 1.00 e. The summed E-state index contributed by atoms with van der Waals surface area (Å²) in [7, 11) is -4.46. The zero-order valence-electron chi connectivity index (χ0n) is 18.2. The first-order valence-corrected chi connectivity index (χ1v) is 10.7. The number of nitrogens with two attached hydrogens (primary N) is 1. The largest absolute Gasteiger partial charge is 1.00 e. The fourth-order valence-electron chi connectivity index (χ4n) is 3.02. The van der Waals surface area contributed by atoms with E-state index in [-0.39, 0.29) is 47.3 Å². The predicted molar refractivity (Wildman–Crippen MR) is 118 cm³/mol. The number of azo groups is 1. The maximum Gasteiger partial charge on any atom is 1.00 e. The first-order chi connectivity index (χ1) is 14.9. The second kappa shape index (κ2) is 10.2. The SMILES string of the molecule is Nc1c(N=Nc2ccc(OCc3cccnc3)cc2)cc(S(=O)(=O)O)c2ccccc12.[H-].[Na+]. The van der Waals surface area contributed by atoms with E-state index in [1.807, 2.05) is 12.1 Å². The predicted octanol–water partition coefficient (Wildman–Crippen LogP) is 2.17. The Morgan fingerprint density at radius 2 is 1.72 bits per heavy atom. The van der Waals surface area contributed by atoms with Crippen LogP contribution in [0.2, 0.25) is 0 Å². The molecule has 0 amide bonds. The molecule has 0 atom stereocenters. The van der Waals surface area contributed by atoms with E-state index in [2.05, 4.69) is 15.2 Å². The number of anilines is 1. The van der Waals surface area contributed by atoms with E-state index in [0.717, 1.165) is 5.56 Å². The van der Waals surface area contributed by atoms with E-state index < -0.39 is 10.1 Å². The Morgan fingerprint density at radius 3 is 2.38 bits per heavy atom. The van der Waals surface area contributed by atoms with Gasteiger partial charge in [-0.1, -0.05) is 30.3 Å². The van der Waals surface area contributed by atoms with Crippen molar-refractivity contribution in [2.24, 2.45) is 10.2 Å². The molecule has 158 valence electrons. The third-order valence-corrected chi connectivity index (χ3v) is 5.44. The first kappa shape index (κ1) is 23.8. The van der Waals surface area contributed by atoms with Gasteiger partial charge in [-0.2, -0.15) is 13.5 Å². The number of ether oxygens (including phenoxy) is 1. The van der Waals surface area contributed by atoms with Gasteiger partial charge in [0, 0.05) is 28.7 Å². The zero-order valence-corrected chi connectivity index (χ0v) is 20.0. The second-order valence-corrected chi connectivity index (χ2v) is 8.06. The number of rotatable bonds is 6. The molecule has 0 spiro atoms. The van der Waals surface area contributed by atoms with E-state index in [1.165, 1.54) is 6.07 Å². The Bertz CT molecular complexity index is 1370. The summed E-state index contributed by atoms with van der Waals surface area (Å²) in [5.41, 5.74) is 8.04. The van der Waals surface area contributed by atoms with Crippen molar-refractivity contribution in [3.63, 3.8) is 0 Å². The van der Waals surface area contributed by atoms with Crippen LogP contribution in [0.25, 0.3) is 10.8 Å². The summed E-state index contributed by atoms with van der Waals surface area (Å²) in [5, 5.41) is 9.01. The fourth-order valence-corrected chi connectivity index (χ4v) is 3.73. The molecule has 3 aromatic carbocycles. The van der Waals surface area contributed by atoms with Crippen molar-refractivity contribution in [3.8, 4) is 5.75 Å². The normalized spacial score (nSPS) is 11.4. The van der Waals surface area contributed by atoms with Gasteiger partial charge in [-0.05, 0) is 36.4 Å². The minimum absolute atomic E-state index is 0. The molecule has 0 aliphatic heterocycles. The summed E-state index contributed by atoms with van der Waals surface area (Å²) < 4.78 is 38.9. The molecule has 0 aliphatic rings. The van der Waals surface area contributed by atoms with Crippen molar-refractivity contribution >= 4 is 38.0 Å². The third-order valence-electron chi connectivity index (χ3n) is 4.54. The molecule has 8 nitrogen and oxygen atoms in total. The van der Waals surface area contributed by atoms with E-state index in [4.69, 9.17) is 10.5 Å². The molecule has 0 saturated carbocycles. The number of hydrogen-bond donors (Lipinski definition) is 2. The van der Waals surface area contributed by atoms with Gasteiger partial charge in [0.25, 0.3) is 10.1 Å². The zero-order chi connectivity index (χ0) is 21.8. The average molecular weight is 458 g/mol. The number of pyridine rings is 1. The molecular formula is C22H19N4NaO4S. The summed E-state index contributed by atoms with van der Waals surface area (Å²) in [4.78, 5) is 3.77. The molecule has 3 N–H and O–H groups in total. The molecule has 4 rings (SSSR count). The number of fused-ring (bicyclic) bond motifs is 1. The first-order valence-electron chi connectivity index (χ1n) is 9.24. The van der Waals surface area contributed by atoms with Gasteiger partial charge in [0.1, 0.15) is 22.9 Å². The van der Waals surface area contributed by atoms with Gasteiger partial charge in [0.2, 0.25) is 0 Å². The van der Waals surface area contributed by atoms with Crippen LogP contribution >= 0.6 is 0 Å². The number of nitrogens with zero attached hydrogens (tertiary/aromatic N) is 3. The molecule has 0 bridgehead atoms. The van der Waals surface area contributed by atoms with Crippen molar-refractivity contribution in [2.45, 2.75) is 11.5 Å². The Labute approximate surface area is 208 Å². The average Bonchev–Trinajstić information content (AvgIpc) is 2.78. The summed E-state index contributed by atoms with van der Waals surface area (Å²) >= 11 is 0. The van der Waals surface area contributed by atoms with E-state index in [1.54, 1.807) is 60.9 Å². The van der Waals surface area contributed by atoms with Crippen LogP contribution < -0.4 is 40.0 Å². The third kappa shape index (κ3) is 5.50. The van der Waals surface area contributed by atoms with E-state index >= 15 is 0 Å². The van der Waals surface area contributed by atoms with Crippen LogP contribution in [0, 0.1) is 0 Å². The van der Waals surface area contributed by atoms with Crippen molar-refractivity contribution in [1.29, 1.82) is 0 Å². The van der Waals surface area contributed by atoms with Gasteiger partial charge in [-0.25, -0.2) is 0 Å². The van der Waals surface area contributed by atoms with Crippen LogP contribution in [0.5, 0.6) is 5.75 Å². The molecule has 0 aliphatic carbocycles. The number of benzene rings is 3. The molecule has 0 radical (unpaired) electrons. The van der Waals surface area contributed by atoms with Gasteiger partial charge in [0.15, 0.2) is 0 Å². The van der Waals surface area contributed by atoms with Gasteiger partial charge in [0.05, 0.1) is 11.4 Å². The minimum Gasteiger partial charge on any atom is -1.00 e. The molecule has 0 unspecified atom stereocenters. The van der Waals surface area contributed by atoms with Crippen molar-refractivity contribution < 1.29 is 48.7 Å². The van der Waals surface area contributed by atoms with Crippen molar-refractivity contribution in [1.82, 2.24) is 4.98 Å². The van der Waals surface area contributed by atoms with E-state index in [0.29, 0.717) is 28.8 Å². The quantitative estimate of drug-likeness (QED) is 0.197. The van der Waals surface area contributed by atoms with Crippen LogP contribution in [0.3, 0.4) is 0 Å². The molecule has 1 heterocycles. The van der Waals surface area contributed by atoms with E-state index in [9.17, 15) is 13.0 Å². The molecule has 0 fully saturated rings. The number of nitrogen functional groups attached to an aromatic ring is 1. The monoisotopic (exact) mass is 458 g/mol. The Hall–Kier alpha value is -2.82. The van der Waals surface area contributed by atoms with Crippen LogP contribution in [0.15, 0.2) is 94.2 Å². The van der Waals surface area contributed by atoms with Crippen LogP contribution in [-0.2, 0) is 16.7 Å². The molecule has 10 heteroatoms. The number of hydrogen-bond acceptors (Lipinski definition) is 7. The Balaban J connectivity index is 0.00000193. The molecule has 1 aromatic heterocycles. The summed E-state index contributed by atoms with van der Waals surface area (Å²) in [5.74, 6) is 0.654. The molecule has 32 heavy (non-hydrogen) atoms. The van der Waals surface area contributed by atoms with Crippen molar-refractivity contribution in [2.75, 3.05) is 5.73 Å². The Morgan fingerprint density at radius 1 is 1.00 bits per heavy atom. The standard InChI is InChI=1S/C22H18N4O4S.Na.H/c23-22-19-6-2-1-5-18(19)21(31(27,28)29)12-20(22)26-25-16-7-9-17(10-8-16)30-14-15-4-3-11-24-13-15;;/h1-13H,14,23H2,(H,27,28,29);;/q;+1;-1. The minimum atomic E-state index is -4.46. The van der Waals surface area contributed by atoms with Gasteiger partial charge in [-0.3, -0.25) is 9.54 Å². The second-order valence-electron chi connectivity index (χ2n) is 6.67. The summed E-state index contributed by atoms with van der Waals surface area (Å²) in [6, 6.07) is 18.5. The maximum atomic E-state index is 11.8. The summed E-state index contributed by atoms with van der Waals surface area (Å²) in [6.45, 7) is 0.390. The maximum absolute atomic E-state index is 11.8. The van der Waals surface area contributed by atoms with Gasteiger partial charge < -0.3 is 11.9 Å². The fraction of sp³-hybridized carbons (Fsp3) is 0.0455.